The maximum Gasteiger partial charge on any atom is 0.194 e. The van der Waals surface area contributed by atoms with E-state index in [1.807, 2.05) is 30.3 Å². The number of benzene rings is 1. The predicted octanol–water partition coefficient (Wildman–Crippen LogP) is 2.01. The van der Waals surface area contributed by atoms with Gasteiger partial charge in [0.15, 0.2) is 5.79 Å². The third-order valence-electron chi connectivity index (χ3n) is 3.07. The SMILES string of the molecule is CC[C@]1(c2ccccc2)OCC[C@@H](CN)O1. The van der Waals surface area contributed by atoms with E-state index in [2.05, 4.69) is 6.92 Å². The van der Waals surface area contributed by atoms with Crippen molar-refractivity contribution in [1.29, 1.82) is 0 Å². The van der Waals surface area contributed by atoms with Gasteiger partial charge in [0, 0.05) is 18.5 Å². The number of ether oxygens (including phenoxy) is 2. The molecule has 0 unspecified atom stereocenters. The van der Waals surface area contributed by atoms with Crippen LogP contribution in [-0.2, 0) is 15.3 Å². The minimum atomic E-state index is -0.594. The van der Waals surface area contributed by atoms with Gasteiger partial charge in [-0.15, -0.1) is 0 Å². The third kappa shape index (κ3) is 2.12. The molecule has 0 bridgehead atoms. The fourth-order valence-electron chi connectivity index (χ4n) is 2.12. The Hall–Kier alpha value is -0.900. The molecular weight excluding hydrogens is 202 g/mol. The molecular formula is C13H19NO2. The summed E-state index contributed by atoms with van der Waals surface area (Å²) < 4.78 is 11.9. The lowest BCUT2D eigenvalue weighted by Gasteiger charge is -2.40. The van der Waals surface area contributed by atoms with Crippen LogP contribution in [0.1, 0.15) is 25.3 Å². The van der Waals surface area contributed by atoms with Crippen molar-refractivity contribution in [2.75, 3.05) is 13.2 Å². The van der Waals surface area contributed by atoms with Gasteiger partial charge in [0.25, 0.3) is 0 Å². The second-order valence-electron chi connectivity index (χ2n) is 4.09. The lowest BCUT2D eigenvalue weighted by molar-refractivity contribution is -0.302. The van der Waals surface area contributed by atoms with Crippen molar-refractivity contribution in [3.05, 3.63) is 35.9 Å². The van der Waals surface area contributed by atoms with Gasteiger partial charge in [0.2, 0.25) is 0 Å². The first-order chi connectivity index (χ1) is 7.80. The molecule has 2 atom stereocenters. The number of hydrogen-bond acceptors (Lipinski definition) is 3. The van der Waals surface area contributed by atoms with Crippen LogP contribution in [0.3, 0.4) is 0 Å². The van der Waals surface area contributed by atoms with Crippen LogP contribution in [0.25, 0.3) is 0 Å². The van der Waals surface area contributed by atoms with Crippen molar-refractivity contribution in [3.63, 3.8) is 0 Å². The fraction of sp³-hybridized carbons (Fsp3) is 0.538. The average molecular weight is 221 g/mol. The summed E-state index contributed by atoms with van der Waals surface area (Å²) in [7, 11) is 0. The maximum atomic E-state index is 6.01. The second-order valence-corrected chi connectivity index (χ2v) is 4.09. The Kier molecular flexibility index (Phi) is 3.59. The molecule has 0 spiro atoms. The summed E-state index contributed by atoms with van der Waals surface area (Å²) in [5.74, 6) is -0.594. The molecule has 0 amide bonds. The van der Waals surface area contributed by atoms with Gasteiger partial charge in [-0.05, 0) is 6.42 Å². The highest BCUT2D eigenvalue weighted by Crippen LogP contribution is 2.35. The zero-order valence-corrected chi connectivity index (χ0v) is 9.69. The second kappa shape index (κ2) is 4.95. The topological polar surface area (TPSA) is 44.5 Å². The molecule has 3 heteroatoms. The number of hydrogen-bond donors (Lipinski definition) is 1. The zero-order valence-electron chi connectivity index (χ0n) is 9.69. The Balaban J connectivity index is 2.25. The van der Waals surface area contributed by atoms with Crippen LogP contribution in [0, 0.1) is 0 Å². The molecule has 16 heavy (non-hydrogen) atoms. The molecule has 88 valence electrons. The first-order valence-corrected chi connectivity index (χ1v) is 5.88. The van der Waals surface area contributed by atoms with E-state index in [1.54, 1.807) is 0 Å². The fourth-order valence-corrected chi connectivity index (χ4v) is 2.12. The quantitative estimate of drug-likeness (QED) is 0.849. The lowest BCUT2D eigenvalue weighted by atomic mass is 10.0. The first-order valence-electron chi connectivity index (χ1n) is 5.88. The Labute approximate surface area is 96.5 Å². The molecule has 2 rings (SSSR count). The molecule has 2 N–H and O–H groups in total. The van der Waals surface area contributed by atoms with E-state index in [1.165, 1.54) is 0 Å². The van der Waals surface area contributed by atoms with E-state index < -0.39 is 5.79 Å². The molecule has 1 fully saturated rings. The summed E-state index contributed by atoms with van der Waals surface area (Å²) in [6.07, 6.45) is 1.78. The van der Waals surface area contributed by atoms with Gasteiger partial charge in [-0.2, -0.15) is 0 Å². The largest absolute Gasteiger partial charge is 0.346 e. The van der Waals surface area contributed by atoms with Crippen molar-refractivity contribution in [1.82, 2.24) is 0 Å². The van der Waals surface area contributed by atoms with E-state index in [9.17, 15) is 0 Å². The lowest BCUT2D eigenvalue weighted by Crippen LogP contribution is -2.44. The molecule has 3 nitrogen and oxygen atoms in total. The van der Waals surface area contributed by atoms with E-state index >= 15 is 0 Å². The summed E-state index contributed by atoms with van der Waals surface area (Å²) in [6.45, 7) is 3.34. The van der Waals surface area contributed by atoms with Crippen LogP contribution < -0.4 is 5.73 Å². The molecule has 1 saturated heterocycles. The van der Waals surface area contributed by atoms with Crippen LogP contribution in [-0.4, -0.2) is 19.3 Å². The van der Waals surface area contributed by atoms with Crippen molar-refractivity contribution < 1.29 is 9.47 Å². The Bertz CT molecular complexity index is 328. The van der Waals surface area contributed by atoms with Gasteiger partial charge >= 0.3 is 0 Å². The van der Waals surface area contributed by atoms with Crippen molar-refractivity contribution in [2.45, 2.75) is 31.7 Å². The maximum absolute atomic E-state index is 6.01. The molecule has 0 saturated carbocycles. The van der Waals surface area contributed by atoms with Gasteiger partial charge in [-0.3, -0.25) is 0 Å². The monoisotopic (exact) mass is 221 g/mol. The minimum absolute atomic E-state index is 0.105. The zero-order chi connectivity index (χ0) is 11.4. The van der Waals surface area contributed by atoms with Crippen LogP contribution in [0.15, 0.2) is 30.3 Å². The molecule has 1 aliphatic rings. The molecule has 0 radical (unpaired) electrons. The smallest absolute Gasteiger partial charge is 0.194 e. The van der Waals surface area contributed by atoms with Gasteiger partial charge in [-0.1, -0.05) is 37.3 Å². The van der Waals surface area contributed by atoms with Crippen LogP contribution in [0.5, 0.6) is 0 Å². The molecule has 0 aliphatic carbocycles. The van der Waals surface area contributed by atoms with E-state index in [0.29, 0.717) is 13.2 Å². The van der Waals surface area contributed by atoms with Crippen molar-refractivity contribution in [3.8, 4) is 0 Å². The summed E-state index contributed by atoms with van der Waals surface area (Å²) in [5, 5.41) is 0. The van der Waals surface area contributed by atoms with Crippen LogP contribution in [0.4, 0.5) is 0 Å². The summed E-state index contributed by atoms with van der Waals surface area (Å²) in [5.41, 5.74) is 6.76. The van der Waals surface area contributed by atoms with E-state index in [0.717, 1.165) is 18.4 Å². The highest BCUT2D eigenvalue weighted by molar-refractivity contribution is 5.20. The molecule has 1 heterocycles. The molecule has 1 aromatic carbocycles. The van der Waals surface area contributed by atoms with E-state index in [-0.39, 0.29) is 6.10 Å². The normalized spacial score (nSPS) is 30.2. The molecule has 1 aliphatic heterocycles. The third-order valence-corrected chi connectivity index (χ3v) is 3.07. The van der Waals surface area contributed by atoms with Crippen molar-refractivity contribution >= 4 is 0 Å². The van der Waals surface area contributed by atoms with E-state index in [4.69, 9.17) is 15.2 Å². The average Bonchev–Trinajstić information content (AvgIpc) is 2.39. The summed E-state index contributed by atoms with van der Waals surface area (Å²) in [6, 6.07) is 10.1. The standard InChI is InChI=1S/C13H19NO2/c1-2-13(11-6-4-3-5-7-11)15-9-8-12(10-14)16-13/h3-7,12H,2,8-10,14H2,1H3/t12-,13-/m0/s1. The Morgan fingerprint density at radius 1 is 1.38 bits per heavy atom. The molecule has 0 aromatic heterocycles. The minimum Gasteiger partial charge on any atom is -0.346 e. The highest BCUT2D eigenvalue weighted by Gasteiger charge is 2.38. The van der Waals surface area contributed by atoms with Crippen LogP contribution >= 0.6 is 0 Å². The van der Waals surface area contributed by atoms with Gasteiger partial charge in [0.05, 0.1) is 12.7 Å². The number of rotatable bonds is 3. The Morgan fingerprint density at radius 3 is 2.75 bits per heavy atom. The van der Waals surface area contributed by atoms with Gasteiger partial charge in [0.1, 0.15) is 0 Å². The van der Waals surface area contributed by atoms with Gasteiger partial charge in [-0.25, -0.2) is 0 Å². The summed E-state index contributed by atoms with van der Waals surface area (Å²) in [4.78, 5) is 0. The number of nitrogens with two attached hydrogens (primary N) is 1. The summed E-state index contributed by atoms with van der Waals surface area (Å²) >= 11 is 0. The van der Waals surface area contributed by atoms with Crippen LogP contribution in [0.2, 0.25) is 0 Å². The Morgan fingerprint density at radius 2 is 2.12 bits per heavy atom. The van der Waals surface area contributed by atoms with Gasteiger partial charge < -0.3 is 15.2 Å². The van der Waals surface area contributed by atoms with Crippen molar-refractivity contribution in [2.24, 2.45) is 5.73 Å². The predicted molar refractivity (Wildman–Crippen MR) is 62.9 cm³/mol. The first kappa shape index (κ1) is 11.6. The molecule has 1 aromatic rings. The highest BCUT2D eigenvalue weighted by atomic mass is 16.7.